The lowest BCUT2D eigenvalue weighted by Gasteiger charge is -2.30. The van der Waals surface area contributed by atoms with Crippen molar-refractivity contribution in [2.45, 2.75) is 38.6 Å². The van der Waals surface area contributed by atoms with Crippen LogP contribution < -0.4 is 15.5 Å². The van der Waals surface area contributed by atoms with Gasteiger partial charge in [-0.05, 0) is 42.4 Å². The van der Waals surface area contributed by atoms with Gasteiger partial charge in [0.15, 0.2) is 5.96 Å². The molecule has 1 aromatic rings. The zero-order valence-electron chi connectivity index (χ0n) is 17.0. The molecule has 2 rings (SSSR count). The van der Waals surface area contributed by atoms with E-state index in [9.17, 15) is 4.39 Å². The van der Waals surface area contributed by atoms with E-state index in [-0.39, 0.29) is 29.8 Å². The molecule has 0 atom stereocenters. The van der Waals surface area contributed by atoms with E-state index in [0.29, 0.717) is 17.6 Å². The summed E-state index contributed by atoms with van der Waals surface area (Å²) in [6.07, 6.45) is 6.11. The Morgan fingerprint density at radius 2 is 1.96 bits per heavy atom. The fraction of sp³-hybridized carbons (Fsp3) is 0.650. The average Bonchev–Trinajstić information content (AvgIpc) is 3.09. The van der Waals surface area contributed by atoms with Crippen molar-refractivity contribution in [3.8, 4) is 0 Å². The van der Waals surface area contributed by atoms with E-state index in [1.807, 2.05) is 20.2 Å². The number of ether oxygens (including phenoxy) is 1. The van der Waals surface area contributed by atoms with Crippen molar-refractivity contribution in [1.82, 2.24) is 10.6 Å². The summed E-state index contributed by atoms with van der Waals surface area (Å²) in [5, 5.41) is 6.74. The first-order valence-corrected chi connectivity index (χ1v) is 9.39. The summed E-state index contributed by atoms with van der Waals surface area (Å²) in [7, 11) is 7.20. The highest BCUT2D eigenvalue weighted by atomic mass is 127. The molecule has 1 aromatic carbocycles. The number of guanidine groups is 1. The molecule has 1 aliphatic carbocycles. The first kappa shape index (κ1) is 23.9. The first-order valence-electron chi connectivity index (χ1n) is 9.39. The predicted octanol–water partition coefficient (Wildman–Crippen LogP) is 3.77. The molecule has 7 heteroatoms. The van der Waals surface area contributed by atoms with Crippen molar-refractivity contribution >= 4 is 35.6 Å². The van der Waals surface area contributed by atoms with Crippen LogP contribution in [0, 0.1) is 11.2 Å². The van der Waals surface area contributed by atoms with E-state index in [2.05, 4.69) is 15.6 Å². The minimum atomic E-state index is -0.207. The van der Waals surface area contributed by atoms with Crippen LogP contribution in [-0.4, -0.2) is 47.4 Å². The molecule has 1 saturated carbocycles. The number of hydrogen-bond acceptors (Lipinski definition) is 3. The van der Waals surface area contributed by atoms with Gasteiger partial charge in [-0.15, -0.1) is 24.0 Å². The number of anilines is 1. The van der Waals surface area contributed by atoms with Gasteiger partial charge in [-0.3, -0.25) is 4.99 Å². The second-order valence-electron chi connectivity index (χ2n) is 7.41. The van der Waals surface area contributed by atoms with Crippen molar-refractivity contribution in [3.63, 3.8) is 0 Å². The topological polar surface area (TPSA) is 48.9 Å². The molecule has 1 fully saturated rings. The molecular weight excluding hydrogens is 458 g/mol. The minimum Gasteiger partial charge on any atom is -0.385 e. The number of methoxy groups -OCH3 is 1. The van der Waals surface area contributed by atoms with Crippen molar-refractivity contribution < 1.29 is 9.13 Å². The highest BCUT2D eigenvalue weighted by Gasteiger charge is 2.33. The third-order valence-electron chi connectivity index (χ3n) is 5.31. The van der Waals surface area contributed by atoms with Gasteiger partial charge in [-0.2, -0.15) is 0 Å². The van der Waals surface area contributed by atoms with Gasteiger partial charge in [0.25, 0.3) is 0 Å². The molecule has 1 aliphatic rings. The Morgan fingerprint density at radius 3 is 2.52 bits per heavy atom. The number of hydrogen-bond donors (Lipinski definition) is 2. The molecule has 0 amide bonds. The first-order chi connectivity index (χ1) is 12.5. The summed E-state index contributed by atoms with van der Waals surface area (Å²) >= 11 is 0. The molecule has 0 bridgehead atoms. The van der Waals surface area contributed by atoms with Gasteiger partial charge >= 0.3 is 0 Å². The van der Waals surface area contributed by atoms with E-state index in [1.165, 1.54) is 25.7 Å². The van der Waals surface area contributed by atoms with Crippen LogP contribution in [0.3, 0.4) is 0 Å². The molecule has 0 aliphatic heterocycles. The summed E-state index contributed by atoms with van der Waals surface area (Å²) in [6.45, 7) is 2.23. The van der Waals surface area contributed by atoms with Gasteiger partial charge in [-0.1, -0.05) is 18.9 Å². The molecule has 0 saturated heterocycles. The summed E-state index contributed by atoms with van der Waals surface area (Å²) in [5.41, 5.74) is 1.79. The summed E-state index contributed by atoms with van der Waals surface area (Å²) < 4.78 is 19.4. The van der Waals surface area contributed by atoms with E-state index in [0.717, 1.165) is 31.1 Å². The Balaban J connectivity index is 0.00000364. The molecule has 0 radical (unpaired) electrons. The van der Waals surface area contributed by atoms with Crippen LogP contribution in [0.2, 0.25) is 0 Å². The van der Waals surface area contributed by atoms with Crippen LogP contribution >= 0.6 is 24.0 Å². The molecule has 0 heterocycles. The van der Waals surface area contributed by atoms with E-state index >= 15 is 0 Å². The van der Waals surface area contributed by atoms with Crippen molar-refractivity contribution in [2.75, 3.05) is 46.3 Å². The summed E-state index contributed by atoms with van der Waals surface area (Å²) in [6, 6.07) is 5.32. The van der Waals surface area contributed by atoms with Gasteiger partial charge in [0.1, 0.15) is 5.82 Å². The predicted molar refractivity (Wildman–Crippen MR) is 122 cm³/mol. The lowest BCUT2D eigenvalue weighted by atomic mass is 9.83. The number of benzene rings is 1. The lowest BCUT2D eigenvalue weighted by Crippen LogP contribution is -2.43. The van der Waals surface area contributed by atoms with Crippen LogP contribution in [0.1, 0.15) is 37.7 Å². The zero-order valence-corrected chi connectivity index (χ0v) is 19.3. The molecule has 0 aromatic heterocycles. The second kappa shape index (κ2) is 11.7. The SMILES string of the molecule is CN=C(NCc1ccc(N(C)C)c(F)c1)NCC1(CCOC)CCCC1.I. The fourth-order valence-corrected chi connectivity index (χ4v) is 3.66. The molecule has 5 nitrogen and oxygen atoms in total. The number of aliphatic imine (C=N–C) groups is 1. The van der Waals surface area contributed by atoms with Crippen LogP contribution in [0.5, 0.6) is 0 Å². The number of halogens is 2. The summed E-state index contributed by atoms with van der Waals surface area (Å²) in [4.78, 5) is 6.08. The average molecular weight is 492 g/mol. The maximum Gasteiger partial charge on any atom is 0.191 e. The lowest BCUT2D eigenvalue weighted by molar-refractivity contribution is 0.138. The van der Waals surface area contributed by atoms with Crippen molar-refractivity contribution in [1.29, 1.82) is 0 Å². The van der Waals surface area contributed by atoms with Crippen LogP contribution in [0.4, 0.5) is 10.1 Å². The highest BCUT2D eigenvalue weighted by molar-refractivity contribution is 14.0. The minimum absolute atomic E-state index is 0. The smallest absolute Gasteiger partial charge is 0.191 e. The number of nitrogens with one attached hydrogen (secondary N) is 2. The monoisotopic (exact) mass is 492 g/mol. The van der Waals surface area contributed by atoms with E-state index in [1.54, 1.807) is 31.2 Å². The van der Waals surface area contributed by atoms with E-state index in [4.69, 9.17) is 4.74 Å². The zero-order chi connectivity index (χ0) is 19.0. The highest BCUT2D eigenvalue weighted by Crippen LogP contribution is 2.40. The van der Waals surface area contributed by atoms with Gasteiger partial charge in [0.2, 0.25) is 0 Å². The Kier molecular flexibility index (Phi) is 10.4. The Labute approximate surface area is 180 Å². The third-order valence-corrected chi connectivity index (χ3v) is 5.31. The molecule has 0 spiro atoms. The number of nitrogens with zero attached hydrogens (tertiary/aromatic N) is 2. The number of rotatable bonds is 8. The Bertz CT molecular complexity index is 604. The van der Waals surface area contributed by atoms with Crippen LogP contribution in [0.25, 0.3) is 0 Å². The van der Waals surface area contributed by atoms with Gasteiger partial charge in [0, 0.05) is 47.9 Å². The molecule has 0 unspecified atom stereocenters. The molecule has 154 valence electrons. The van der Waals surface area contributed by atoms with Gasteiger partial charge < -0.3 is 20.3 Å². The maximum absolute atomic E-state index is 14.1. The maximum atomic E-state index is 14.1. The van der Waals surface area contributed by atoms with Gasteiger partial charge in [0.05, 0.1) is 5.69 Å². The van der Waals surface area contributed by atoms with Crippen molar-refractivity contribution in [2.24, 2.45) is 10.4 Å². The van der Waals surface area contributed by atoms with E-state index < -0.39 is 0 Å². The standard InChI is InChI=1S/C20H33FN4O.HI/c1-22-19(24-15-20(11-12-26-4)9-5-6-10-20)23-14-16-7-8-18(25(2)3)17(21)13-16;/h7-8,13H,5-6,9-12,14-15H2,1-4H3,(H2,22,23,24);1H. The van der Waals surface area contributed by atoms with Crippen LogP contribution in [0.15, 0.2) is 23.2 Å². The summed E-state index contributed by atoms with van der Waals surface area (Å²) in [5.74, 6) is 0.549. The third kappa shape index (κ3) is 7.10. The van der Waals surface area contributed by atoms with Crippen molar-refractivity contribution in [3.05, 3.63) is 29.6 Å². The normalized spacial score (nSPS) is 16.0. The Morgan fingerprint density at radius 1 is 1.26 bits per heavy atom. The quantitative estimate of drug-likeness (QED) is 0.330. The molecular formula is C20H34FIN4O. The van der Waals surface area contributed by atoms with Crippen LogP contribution in [-0.2, 0) is 11.3 Å². The fourth-order valence-electron chi connectivity index (χ4n) is 3.66. The Hall–Kier alpha value is -1.09. The van der Waals surface area contributed by atoms with Gasteiger partial charge in [-0.25, -0.2) is 4.39 Å². The molecule has 2 N–H and O–H groups in total. The second-order valence-corrected chi connectivity index (χ2v) is 7.41. The molecule has 27 heavy (non-hydrogen) atoms. The largest absolute Gasteiger partial charge is 0.385 e.